The highest BCUT2D eigenvalue weighted by molar-refractivity contribution is 7.89. The molecule has 0 aliphatic carbocycles. The number of anilines is 1. The maximum atomic E-state index is 12.7. The number of nitrogen functional groups attached to an aromatic ring is 1. The molecule has 0 amide bonds. The summed E-state index contributed by atoms with van der Waals surface area (Å²) in [5, 5.41) is 0.226. The Kier molecular flexibility index (Phi) is 4.08. The minimum atomic E-state index is -3.56. The van der Waals surface area contributed by atoms with Gasteiger partial charge in [-0.05, 0) is 37.0 Å². The second-order valence-corrected chi connectivity index (χ2v) is 7.53. The first kappa shape index (κ1) is 14.6. The Morgan fingerprint density at radius 2 is 2.11 bits per heavy atom. The number of hydrogen-bond donors (Lipinski definition) is 1. The molecule has 6 heteroatoms. The van der Waals surface area contributed by atoms with E-state index < -0.39 is 10.0 Å². The third kappa shape index (κ3) is 2.73. The van der Waals surface area contributed by atoms with Gasteiger partial charge in [-0.3, -0.25) is 0 Å². The highest BCUT2D eigenvalue weighted by Crippen LogP contribution is 2.33. The van der Waals surface area contributed by atoms with E-state index in [1.165, 1.54) is 12.1 Å². The summed E-state index contributed by atoms with van der Waals surface area (Å²) in [7, 11) is -3.56. The van der Waals surface area contributed by atoms with Crippen LogP contribution in [0.4, 0.5) is 5.69 Å². The van der Waals surface area contributed by atoms with Crippen LogP contribution in [-0.2, 0) is 10.0 Å². The van der Waals surface area contributed by atoms with E-state index in [0.717, 1.165) is 12.8 Å². The Balaban J connectivity index is 2.45. The number of sulfonamides is 1. The van der Waals surface area contributed by atoms with Gasteiger partial charge in [-0.1, -0.05) is 25.4 Å². The van der Waals surface area contributed by atoms with Gasteiger partial charge in [0, 0.05) is 18.3 Å². The molecule has 1 fully saturated rings. The van der Waals surface area contributed by atoms with Crippen LogP contribution in [0.2, 0.25) is 5.02 Å². The molecule has 0 bridgehead atoms. The molecule has 2 N–H and O–H groups in total. The van der Waals surface area contributed by atoms with Crippen LogP contribution >= 0.6 is 11.6 Å². The largest absolute Gasteiger partial charge is 0.399 e. The molecule has 19 heavy (non-hydrogen) atoms. The monoisotopic (exact) mass is 302 g/mol. The van der Waals surface area contributed by atoms with Crippen molar-refractivity contribution in [2.24, 2.45) is 5.92 Å². The van der Waals surface area contributed by atoms with Crippen molar-refractivity contribution < 1.29 is 8.42 Å². The molecule has 1 aromatic carbocycles. The fraction of sp³-hybridized carbons (Fsp3) is 0.538. The van der Waals surface area contributed by atoms with E-state index in [1.807, 2.05) is 13.8 Å². The third-order valence-corrected chi connectivity index (χ3v) is 5.97. The zero-order valence-corrected chi connectivity index (χ0v) is 12.7. The molecular weight excluding hydrogens is 284 g/mol. The normalized spacial score (nSPS) is 21.2. The smallest absolute Gasteiger partial charge is 0.244 e. The van der Waals surface area contributed by atoms with Crippen molar-refractivity contribution in [2.75, 3.05) is 12.3 Å². The zero-order chi connectivity index (χ0) is 14.2. The Bertz CT molecular complexity index is 572. The molecule has 0 aromatic heterocycles. The Morgan fingerprint density at radius 1 is 1.42 bits per heavy atom. The molecule has 1 saturated heterocycles. The molecule has 1 heterocycles. The molecule has 1 aliphatic heterocycles. The fourth-order valence-corrected chi connectivity index (χ4v) is 4.91. The molecule has 2 rings (SSSR count). The van der Waals surface area contributed by atoms with Gasteiger partial charge in [-0.2, -0.15) is 4.31 Å². The standard InChI is InChI=1S/C13H19ClN2O2S/c1-9(2)12-4-3-7-16(12)19(17,18)13-8-10(15)5-6-11(13)14/h5-6,8-9,12H,3-4,7,15H2,1-2H3. The number of benzene rings is 1. The summed E-state index contributed by atoms with van der Waals surface area (Å²) >= 11 is 6.03. The number of hydrogen-bond acceptors (Lipinski definition) is 3. The first-order valence-electron chi connectivity index (χ1n) is 6.41. The quantitative estimate of drug-likeness (QED) is 0.873. The van der Waals surface area contributed by atoms with Crippen LogP contribution in [0.15, 0.2) is 23.1 Å². The van der Waals surface area contributed by atoms with E-state index in [1.54, 1.807) is 10.4 Å². The van der Waals surface area contributed by atoms with Crippen LogP contribution in [0.5, 0.6) is 0 Å². The molecule has 106 valence electrons. The maximum absolute atomic E-state index is 12.7. The van der Waals surface area contributed by atoms with Gasteiger partial charge in [-0.15, -0.1) is 0 Å². The minimum absolute atomic E-state index is 0.0440. The van der Waals surface area contributed by atoms with Gasteiger partial charge in [0.25, 0.3) is 0 Å². The first-order chi connectivity index (χ1) is 8.84. The second kappa shape index (κ2) is 5.31. The van der Waals surface area contributed by atoms with Crippen molar-refractivity contribution in [1.29, 1.82) is 0 Å². The van der Waals surface area contributed by atoms with Crippen molar-refractivity contribution in [3.8, 4) is 0 Å². The summed E-state index contributed by atoms with van der Waals surface area (Å²) < 4.78 is 27.0. The number of nitrogens with zero attached hydrogens (tertiary/aromatic N) is 1. The Labute approximate surface area is 119 Å². The predicted molar refractivity (Wildman–Crippen MR) is 77.6 cm³/mol. The number of nitrogens with two attached hydrogens (primary N) is 1. The molecule has 4 nitrogen and oxygen atoms in total. The van der Waals surface area contributed by atoms with Gasteiger partial charge >= 0.3 is 0 Å². The van der Waals surface area contributed by atoms with E-state index >= 15 is 0 Å². The fourth-order valence-electron chi connectivity index (χ4n) is 2.57. The van der Waals surface area contributed by atoms with E-state index in [4.69, 9.17) is 17.3 Å². The second-order valence-electron chi connectivity index (χ2n) is 5.26. The van der Waals surface area contributed by atoms with Crippen LogP contribution in [0.1, 0.15) is 26.7 Å². The van der Waals surface area contributed by atoms with E-state index in [2.05, 4.69) is 0 Å². The van der Waals surface area contributed by atoms with Gasteiger partial charge in [-0.25, -0.2) is 8.42 Å². The van der Waals surface area contributed by atoms with Gasteiger partial charge < -0.3 is 5.73 Å². The Hall–Kier alpha value is -0.780. The summed E-state index contributed by atoms with van der Waals surface area (Å²) in [6.07, 6.45) is 1.79. The highest BCUT2D eigenvalue weighted by Gasteiger charge is 2.37. The summed E-state index contributed by atoms with van der Waals surface area (Å²) in [6.45, 7) is 4.63. The van der Waals surface area contributed by atoms with Crippen molar-refractivity contribution in [3.63, 3.8) is 0 Å². The van der Waals surface area contributed by atoms with Crippen LogP contribution in [0.3, 0.4) is 0 Å². The van der Waals surface area contributed by atoms with Crippen molar-refractivity contribution in [3.05, 3.63) is 23.2 Å². The average Bonchev–Trinajstić information content (AvgIpc) is 2.82. The molecule has 0 spiro atoms. The molecular formula is C13H19ClN2O2S. The van der Waals surface area contributed by atoms with Crippen LogP contribution in [0, 0.1) is 5.92 Å². The summed E-state index contributed by atoms with van der Waals surface area (Å²) in [4.78, 5) is 0.113. The van der Waals surface area contributed by atoms with Crippen molar-refractivity contribution in [2.45, 2.75) is 37.6 Å². The summed E-state index contributed by atoms with van der Waals surface area (Å²) in [5.41, 5.74) is 6.08. The summed E-state index contributed by atoms with van der Waals surface area (Å²) in [6, 6.07) is 4.62. The SMILES string of the molecule is CC(C)C1CCCN1S(=O)(=O)c1cc(N)ccc1Cl. The molecule has 1 unspecified atom stereocenters. The molecule has 0 radical (unpaired) electrons. The van der Waals surface area contributed by atoms with Crippen LogP contribution < -0.4 is 5.73 Å². The number of rotatable bonds is 3. The average molecular weight is 303 g/mol. The molecule has 1 aromatic rings. The number of halogens is 1. The molecule has 1 atom stereocenters. The van der Waals surface area contributed by atoms with E-state index in [-0.39, 0.29) is 21.9 Å². The van der Waals surface area contributed by atoms with E-state index in [0.29, 0.717) is 12.2 Å². The van der Waals surface area contributed by atoms with Crippen molar-refractivity contribution >= 4 is 27.3 Å². The van der Waals surface area contributed by atoms with Gasteiger partial charge in [0.2, 0.25) is 10.0 Å². The van der Waals surface area contributed by atoms with Gasteiger partial charge in [0.05, 0.1) is 5.02 Å². The summed E-state index contributed by atoms with van der Waals surface area (Å²) in [5.74, 6) is 0.289. The predicted octanol–water partition coefficient (Wildman–Crippen LogP) is 2.73. The van der Waals surface area contributed by atoms with Crippen LogP contribution in [0.25, 0.3) is 0 Å². The molecule has 0 saturated carbocycles. The molecule has 1 aliphatic rings. The van der Waals surface area contributed by atoms with Crippen molar-refractivity contribution in [1.82, 2.24) is 4.31 Å². The Morgan fingerprint density at radius 3 is 2.74 bits per heavy atom. The third-order valence-electron chi connectivity index (χ3n) is 3.56. The van der Waals surface area contributed by atoms with Gasteiger partial charge in [0.15, 0.2) is 0 Å². The highest BCUT2D eigenvalue weighted by atomic mass is 35.5. The topological polar surface area (TPSA) is 63.4 Å². The minimum Gasteiger partial charge on any atom is -0.399 e. The lowest BCUT2D eigenvalue weighted by molar-refractivity contribution is 0.316. The first-order valence-corrected chi connectivity index (χ1v) is 8.22. The van der Waals surface area contributed by atoms with Crippen LogP contribution in [-0.4, -0.2) is 25.3 Å². The maximum Gasteiger partial charge on any atom is 0.244 e. The zero-order valence-electron chi connectivity index (χ0n) is 11.1. The van der Waals surface area contributed by atoms with E-state index in [9.17, 15) is 8.42 Å². The van der Waals surface area contributed by atoms with Gasteiger partial charge in [0.1, 0.15) is 4.90 Å². The lowest BCUT2D eigenvalue weighted by Crippen LogP contribution is -2.38. The lowest BCUT2D eigenvalue weighted by atomic mass is 10.0. The lowest BCUT2D eigenvalue weighted by Gasteiger charge is -2.27.